The Morgan fingerprint density at radius 1 is 1.14 bits per heavy atom. The number of urea groups is 1. The smallest absolute Gasteiger partial charge is 0.319 e. The Labute approximate surface area is 129 Å². The Bertz CT molecular complexity index is 661. The van der Waals surface area contributed by atoms with Crippen molar-refractivity contribution in [2.24, 2.45) is 0 Å². The van der Waals surface area contributed by atoms with Crippen molar-refractivity contribution in [1.82, 2.24) is 10.3 Å². The van der Waals surface area contributed by atoms with E-state index >= 15 is 0 Å². The molecule has 2 heterocycles. The highest BCUT2D eigenvalue weighted by atomic mass is 16.2. The van der Waals surface area contributed by atoms with Crippen LogP contribution in [0.3, 0.4) is 0 Å². The predicted octanol–water partition coefficient (Wildman–Crippen LogP) is 2.78. The van der Waals surface area contributed by atoms with Crippen molar-refractivity contribution in [3.05, 3.63) is 66.5 Å². The van der Waals surface area contributed by atoms with Gasteiger partial charge in [-0.3, -0.25) is 4.98 Å². The quantitative estimate of drug-likeness (QED) is 0.853. The molecule has 2 aromatic rings. The number of amides is 2. The normalized spacial score (nSPS) is 13.2. The van der Waals surface area contributed by atoms with E-state index in [1.165, 1.54) is 5.69 Å². The molecule has 0 saturated heterocycles. The molecule has 0 bridgehead atoms. The number of nitrogens with one attached hydrogen (secondary N) is 2. The summed E-state index contributed by atoms with van der Waals surface area (Å²) in [4.78, 5) is 18.1. The van der Waals surface area contributed by atoms with Crippen LogP contribution in [0.1, 0.15) is 5.56 Å². The summed E-state index contributed by atoms with van der Waals surface area (Å²) in [6.45, 7) is 2.38. The summed E-state index contributed by atoms with van der Waals surface area (Å²) in [6.07, 6.45) is 7.60. The molecule has 1 aromatic carbocycles. The highest BCUT2D eigenvalue weighted by Gasteiger charge is 2.08. The molecule has 0 spiro atoms. The number of pyridine rings is 1. The van der Waals surface area contributed by atoms with E-state index in [0.29, 0.717) is 6.54 Å². The van der Waals surface area contributed by atoms with Crippen molar-refractivity contribution in [2.45, 2.75) is 6.54 Å². The zero-order valence-corrected chi connectivity index (χ0v) is 12.2. The lowest BCUT2D eigenvalue weighted by Gasteiger charge is -2.18. The van der Waals surface area contributed by atoms with E-state index < -0.39 is 0 Å². The van der Waals surface area contributed by atoms with Gasteiger partial charge in [-0.2, -0.15) is 0 Å². The van der Waals surface area contributed by atoms with Gasteiger partial charge in [-0.25, -0.2) is 4.79 Å². The number of benzene rings is 1. The minimum atomic E-state index is -0.223. The maximum atomic E-state index is 11.9. The van der Waals surface area contributed by atoms with Gasteiger partial charge in [-0.05, 0) is 29.8 Å². The van der Waals surface area contributed by atoms with E-state index in [2.05, 4.69) is 44.8 Å². The van der Waals surface area contributed by atoms with Gasteiger partial charge in [-0.15, -0.1) is 0 Å². The van der Waals surface area contributed by atoms with Crippen LogP contribution in [0.25, 0.3) is 0 Å². The second-order valence-electron chi connectivity index (χ2n) is 5.09. The Morgan fingerprint density at radius 3 is 2.68 bits per heavy atom. The molecule has 0 radical (unpaired) electrons. The second kappa shape index (κ2) is 6.76. The van der Waals surface area contributed by atoms with Crippen LogP contribution in [0, 0.1) is 0 Å². The lowest BCUT2D eigenvalue weighted by atomic mass is 10.2. The SMILES string of the molecule is O=C(NCc1cccc(N2CC=CC2)c1)Nc1ccncc1. The number of hydrogen-bond acceptors (Lipinski definition) is 3. The fourth-order valence-corrected chi connectivity index (χ4v) is 2.34. The summed E-state index contributed by atoms with van der Waals surface area (Å²) < 4.78 is 0. The number of rotatable bonds is 4. The Morgan fingerprint density at radius 2 is 1.91 bits per heavy atom. The molecule has 5 nitrogen and oxygen atoms in total. The minimum absolute atomic E-state index is 0.223. The maximum Gasteiger partial charge on any atom is 0.319 e. The molecule has 112 valence electrons. The first-order chi connectivity index (χ1) is 10.8. The van der Waals surface area contributed by atoms with Crippen molar-refractivity contribution in [3.63, 3.8) is 0 Å². The van der Waals surface area contributed by atoms with E-state index in [4.69, 9.17) is 0 Å². The summed E-state index contributed by atoms with van der Waals surface area (Å²) in [5.41, 5.74) is 2.98. The van der Waals surface area contributed by atoms with Gasteiger partial charge in [0.05, 0.1) is 0 Å². The molecule has 1 aromatic heterocycles. The largest absolute Gasteiger partial charge is 0.364 e. The molecule has 0 saturated carbocycles. The van der Waals surface area contributed by atoms with Gasteiger partial charge in [0.2, 0.25) is 0 Å². The molecule has 5 heteroatoms. The monoisotopic (exact) mass is 294 g/mol. The van der Waals surface area contributed by atoms with Crippen molar-refractivity contribution in [2.75, 3.05) is 23.3 Å². The van der Waals surface area contributed by atoms with Crippen LogP contribution in [-0.4, -0.2) is 24.1 Å². The van der Waals surface area contributed by atoms with Gasteiger partial charge < -0.3 is 15.5 Å². The lowest BCUT2D eigenvalue weighted by molar-refractivity contribution is 0.251. The maximum absolute atomic E-state index is 11.9. The summed E-state index contributed by atoms with van der Waals surface area (Å²) in [5, 5.41) is 5.63. The first-order valence-corrected chi connectivity index (χ1v) is 7.25. The molecule has 0 atom stereocenters. The van der Waals surface area contributed by atoms with Crippen LogP contribution in [0.15, 0.2) is 60.9 Å². The van der Waals surface area contributed by atoms with Crippen molar-refractivity contribution >= 4 is 17.4 Å². The third-order valence-corrected chi connectivity index (χ3v) is 3.49. The van der Waals surface area contributed by atoms with Crippen molar-refractivity contribution in [3.8, 4) is 0 Å². The zero-order valence-electron chi connectivity index (χ0n) is 12.2. The Hall–Kier alpha value is -2.82. The molecule has 0 unspecified atom stereocenters. The predicted molar refractivity (Wildman–Crippen MR) is 87.9 cm³/mol. The van der Waals surface area contributed by atoms with Crippen LogP contribution in [-0.2, 0) is 6.54 Å². The topological polar surface area (TPSA) is 57.3 Å². The molecule has 3 rings (SSSR count). The molecule has 2 N–H and O–H groups in total. The van der Waals surface area contributed by atoms with Gasteiger partial charge in [0, 0.05) is 43.4 Å². The molecule has 22 heavy (non-hydrogen) atoms. The Kier molecular flexibility index (Phi) is 4.34. The van der Waals surface area contributed by atoms with Crippen molar-refractivity contribution < 1.29 is 4.79 Å². The number of nitrogens with zero attached hydrogens (tertiary/aromatic N) is 2. The van der Waals surface area contributed by atoms with Crippen LogP contribution < -0.4 is 15.5 Å². The summed E-state index contributed by atoms with van der Waals surface area (Å²) >= 11 is 0. The Balaban J connectivity index is 1.55. The third-order valence-electron chi connectivity index (χ3n) is 3.49. The number of aromatic nitrogens is 1. The summed E-state index contributed by atoms with van der Waals surface area (Å²) in [6, 6.07) is 11.5. The van der Waals surface area contributed by atoms with Gasteiger partial charge in [-0.1, -0.05) is 24.3 Å². The molecule has 2 amide bonds. The fourth-order valence-electron chi connectivity index (χ4n) is 2.34. The zero-order chi connectivity index (χ0) is 15.2. The van der Waals surface area contributed by atoms with Gasteiger partial charge in [0.1, 0.15) is 0 Å². The first kappa shape index (κ1) is 14.1. The second-order valence-corrected chi connectivity index (χ2v) is 5.09. The van der Waals surface area contributed by atoms with Crippen LogP contribution >= 0.6 is 0 Å². The standard InChI is InChI=1S/C17H18N4O/c22-17(20-15-6-8-18-9-7-15)19-13-14-4-3-5-16(12-14)21-10-1-2-11-21/h1-9,12H,10-11,13H2,(H2,18,19,20,22). The molecule has 0 fully saturated rings. The highest BCUT2D eigenvalue weighted by Crippen LogP contribution is 2.18. The van der Waals surface area contributed by atoms with Gasteiger partial charge in [0.25, 0.3) is 0 Å². The summed E-state index contributed by atoms with van der Waals surface area (Å²) in [7, 11) is 0. The lowest BCUT2D eigenvalue weighted by Crippen LogP contribution is -2.28. The molecular formula is C17H18N4O. The van der Waals surface area contributed by atoms with E-state index in [9.17, 15) is 4.79 Å². The van der Waals surface area contributed by atoms with Gasteiger partial charge >= 0.3 is 6.03 Å². The third kappa shape index (κ3) is 3.63. The number of carbonyl (C=O) groups is 1. The van der Waals surface area contributed by atoms with Crippen molar-refractivity contribution in [1.29, 1.82) is 0 Å². The number of anilines is 2. The summed E-state index contributed by atoms with van der Waals surface area (Å²) in [5.74, 6) is 0. The molecule has 1 aliphatic rings. The minimum Gasteiger partial charge on any atom is -0.364 e. The highest BCUT2D eigenvalue weighted by molar-refractivity contribution is 5.89. The molecular weight excluding hydrogens is 276 g/mol. The average Bonchev–Trinajstić information content (AvgIpc) is 3.09. The van der Waals surface area contributed by atoms with Crippen LogP contribution in [0.2, 0.25) is 0 Å². The molecule has 1 aliphatic heterocycles. The number of carbonyl (C=O) groups excluding carboxylic acids is 1. The van der Waals surface area contributed by atoms with E-state index in [0.717, 1.165) is 24.3 Å². The van der Waals surface area contributed by atoms with Gasteiger partial charge in [0.15, 0.2) is 0 Å². The van der Waals surface area contributed by atoms with Crippen LogP contribution in [0.4, 0.5) is 16.2 Å². The fraction of sp³-hybridized carbons (Fsp3) is 0.176. The van der Waals surface area contributed by atoms with Crippen LogP contribution in [0.5, 0.6) is 0 Å². The first-order valence-electron chi connectivity index (χ1n) is 7.25. The number of hydrogen-bond donors (Lipinski definition) is 2. The van der Waals surface area contributed by atoms with E-state index in [-0.39, 0.29) is 6.03 Å². The van der Waals surface area contributed by atoms with E-state index in [1.807, 2.05) is 12.1 Å². The average molecular weight is 294 g/mol. The van der Waals surface area contributed by atoms with E-state index in [1.54, 1.807) is 24.5 Å². The molecule has 0 aliphatic carbocycles.